The van der Waals surface area contributed by atoms with Gasteiger partial charge in [-0.3, -0.25) is 0 Å². The number of nitrogens with one attached hydrogen (secondary N) is 1. The maximum absolute atomic E-state index is 11.7. The summed E-state index contributed by atoms with van der Waals surface area (Å²) in [6.07, 6.45) is 5.12. The molecule has 41 heavy (non-hydrogen) atoms. The highest BCUT2D eigenvalue weighted by Crippen LogP contribution is 2.45. The van der Waals surface area contributed by atoms with E-state index in [4.69, 9.17) is 52.0 Å². The molecule has 0 aromatic rings. The van der Waals surface area contributed by atoms with Crippen LogP contribution in [0.25, 0.3) is 0 Å². The van der Waals surface area contributed by atoms with Crippen molar-refractivity contribution < 1.29 is 33.2 Å². The Balaban J connectivity index is 0.000000142. The summed E-state index contributed by atoms with van der Waals surface area (Å²) in [5, 5.41) is 2.87. The Morgan fingerprint density at radius 2 is 1.39 bits per heavy atom. The minimum atomic E-state index is -0.365. The summed E-state index contributed by atoms with van der Waals surface area (Å²) in [6, 6.07) is -0.946. The molecule has 6 radical (unpaired) electrons. The van der Waals surface area contributed by atoms with Crippen LogP contribution in [0.2, 0.25) is 0 Å². The molecule has 0 aromatic carbocycles. The summed E-state index contributed by atoms with van der Waals surface area (Å²) in [5.41, 5.74) is -0.508. The monoisotopic (exact) mass is 570 g/mol. The molecule has 3 unspecified atom stereocenters. The van der Waals surface area contributed by atoms with Crippen molar-refractivity contribution in [1.82, 2.24) is 10.2 Å². The van der Waals surface area contributed by atoms with Crippen molar-refractivity contribution in [3.63, 3.8) is 0 Å². The standard InChI is InChI=1S/C10H17BN2O2.C10H17BO2.C9H15BO3/c1-4-10-5-12-9(14)13(3)7(6(10)2)8(11)15-10;1-3-10-5-4-6-12-8(7(10)2)9(11)13-10;1-3-9-4-11-5-12-7(6(9)2)8(10)13-9/h6-8H,4-5H2,1-3H3,(H,12,14);7-9H,3-6H2,1-2H3;6-8H,3-5H2,1-2H3/t6?,7-,8+,10-;7?,8-,9+,10-;6?,7-,8+,9-/m000/s1. The van der Waals surface area contributed by atoms with Gasteiger partial charge in [-0.1, -0.05) is 41.5 Å². The average Bonchev–Trinajstić information content (AvgIpc) is 3.27. The number of carbonyl (C=O) groups excluding carboxylic acids is 1. The Labute approximate surface area is 251 Å². The maximum atomic E-state index is 11.7. The third-order valence-corrected chi connectivity index (χ3v) is 10.9. The lowest BCUT2D eigenvalue weighted by atomic mass is 9.80. The molecule has 6 bridgehead atoms. The topological polar surface area (TPSA) is 87.7 Å². The van der Waals surface area contributed by atoms with Crippen molar-refractivity contribution in [1.29, 1.82) is 0 Å². The van der Waals surface area contributed by atoms with E-state index < -0.39 is 0 Å². The normalized spacial score (nSPS) is 48.5. The lowest BCUT2D eigenvalue weighted by Crippen LogP contribution is -2.49. The van der Waals surface area contributed by atoms with Crippen molar-refractivity contribution >= 4 is 29.6 Å². The van der Waals surface area contributed by atoms with Crippen LogP contribution in [-0.2, 0) is 28.4 Å². The van der Waals surface area contributed by atoms with Crippen LogP contribution in [0.3, 0.4) is 0 Å². The van der Waals surface area contributed by atoms with Gasteiger partial charge in [0, 0.05) is 56.0 Å². The van der Waals surface area contributed by atoms with Gasteiger partial charge >= 0.3 is 6.03 Å². The highest BCUT2D eigenvalue weighted by molar-refractivity contribution is 6.12. The fourth-order valence-electron chi connectivity index (χ4n) is 7.83. The molecule has 9 nitrogen and oxygen atoms in total. The molecule has 6 aliphatic heterocycles. The van der Waals surface area contributed by atoms with E-state index in [0.29, 0.717) is 31.8 Å². The Morgan fingerprint density at radius 3 is 2.02 bits per heavy atom. The van der Waals surface area contributed by atoms with Crippen LogP contribution in [0.4, 0.5) is 4.79 Å². The molecule has 6 rings (SSSR count). The first-order valence-electron chi connectivity index (χ1n) is 15.5. The fourth-order valence-corrected chi connectivity index (χ4v) is 7.83. The van der Waals surface area contributed by atoms with E-state index in [-0.39, 0.29) is 65.0 Å². The second kappa shape index (κ2) is 13.1. The van der Waals surface area contributed by atoms with Crippen molar-refractivity contribution in [2.45, 2.75) is 127 Å². The zero-order valence-electron chi connectivity index (χ0n) is 26.1. The Hall–Kier alpha value is -0.775. The number of likely N-dealkylation sites (N-methyl/N-ethyl adjacent to an activating group) is 1. The zero-order valence-corrected chi connectivity index (χ0v) is 26.1. The number of rotatable bonds is 3. The number of amides is 2. The predicted molar refractivity (Wildman–Crippen MR) is 158 cm³/mol. The van der Waals surface area contributed by atoms with Gasteiger partial charge in [0.2, 0.25) is 0 Å². The first-order valence-corrected chi connectivity index (χ1v) is 15.5. The SMILES string of the molecule is [B][C@@H]1O[C@@]2(CC)CCCO[C@H]1C2C.[B][C@@H]1O[C@@]2(CC)CNC(=O)N(C)[C@H]1C2C.[B][C@@H]1O[C@@]2(CC)COCO[C@H]1C2C. The third-order valence-electron chi connectivity index (χ3n) is 10.9. The number of ether oxygens (including phenoxy) is 6. The van der Waals surface area contributed by atoms with E-state index >= 15 is 0 Å². The quantitative estimate of drug-likeness (QED) is 0.522. The van der Waals surface area contributed by atoms with Gasteiger partial charge in [-0.15, -0.1) is 0 Å². The van der Waals surface area contributed by atoms with Gasteiger partial charge in [-0.25, -0.2) is 4.79 Å². The van der Waals surface area contributed by atoms with E-state index in [2.05, 4.69) is 46.9 Å². The first-order chi connectivity index (χ1) is 19.4. The lowest BCUT2D eigenvalue weighted by molar-refractivity contribution is -0.150. The summed E-state index contributed by atoms with van der Waals surface area (Å²) in [5.74, 6) is 1.02. The van der Waals surface area contributed by atoms with Crippen LogP contribution in [0.1, 0.15) is 73.6 Å². The number of nitrogens with zero attached hydrogens (tertiary/aromatic N) is 1. The molecule has 1 N–H and O–H groups in total. The highest BCUT2D eigenvalue weighted by Gasteiger charge is 2.54. The average molecular weight is 570 g/mol. The summed E-state index contributed by atoms with van der Waals surface area (Å²) >= 11 is 0. The molecule has 0 saturated carbocycles. The molecule has 6 aliphatic rings. The van der Waals surface area contributed by atoms with Gasteiger partial charge in [-0.2, -0.15) is 0 Å². The zero-order chi connectivity index (χ0) is 30.2. The summed E-state index contributed by atoms with van der Waals surface area (Å²) in [4.78, 5) is 13.3. The predicted octanol–water partition coefficient (Wildman–Crippen LogP) is 2.46. The van der Waals surface area contributed by atoms with Gasteiger partial charge in [0.05, 0.1) is 41.7 Å². The second-order valence-corrected chi connectivity index (χ2v) is 12.7. The molecule has 226 valence electrons. The lowest BCUT2D eigenvalue weighted by Gasteiger charge is -2.31. The summed E-state index contributed by atoms with van der Waals surface area (Å²) < 4.78 is 34.0. The van der Waals surface area contributed by atoms with Crippen molar-refractivity contribution in [3.8, 4) is 0 Å². The number of hydrogen-bond donors (Lipinski definition) is 1. The van der Waals surface area contributed by atoms with Crippen LogP contribution in [-0.4, -0.2) is 121 Å². The van der Waals surface area contributed by atoms with Gasteiger partial charge in [-0.05, 0) is 32.1 Å². The van der Waals surface area contributed by atoms with Crippen molar-refractivity contribution in [2.75, 3.05) is 33.6 Å². The van der Waals surface area contributed by atoms with Gasteiger partial charge in [0.25, 0.3) is 0 Å². The molecule has 12 heteroatoms. The Kier molecular flexibility index (Phi) is 10.6. The van der Waals surface area contributed by atoms with Gasteiger partial charge < -0.3 is 38.6 Å². The minimum absolute atomic E-state index is 0.000579. The smallest absolute Gasteiger partial charge is 0.317 e. The van der Waals surface area contributed by atoms with Gasteiger partial charge in [0.1, 0.15) is 30.3 Å². The number of urea groups is 1. The Bertz CT molecular complexity index is 864. The molecule has 0 spiro atoms. The van der Waals surface area contributed by atoms with Gasteiger partial charge in [0.15, 0.2) is 0 Å². The van der Waals surface area contributed by atoms with E-state index in [1.165, 1.54) is 0 Å². The molecule has 6 heterocycles. The molecular weight excluding hydrogens is 521 g/mol. The van der Waals surface area contributed by atoms with Crippen LogP contribution >= 0.6 is 0 Å². The van der Waals surface area contributed by atoms with Crippen LogP contribution < -0.4 is 5.32 Å². The van der Waals surface area contributed by atoms with Crippen molar-refractivity contribution in [2.24, 2.45) is 17.8 Å². The molecule has 12 atom stereocenters. The van der Waals surface area contributed by atoms with Crippen molar-refractivity contribution in [3.05, 3.63) is 0 Å². The van der Waals surface area contributed by atoms with Crippen LogP contribution in [0.15, 0.2) is 0 Å². The van der Waals surface area contributed by atoms with Crippen LogP contribution in [0.5, 0.6) is 0 Å². The first kappa shape index (κ1) is 33.1. The number of hydrogen-bond acceptors (Lipinski definition) is 7. The third kappa shape index (κ3) is 5.99. The minimum Gasteiger partial charge on any atom is -0.379 e. The molecule has 0 aliphatic carbocycles. The number of carbonyl (C=O) groups is 1. The summed E-state index contributed by atoms with van der Waals surface area (Å²) in [6.45, 7) is 15.1. The van der Waals surface area contributed by atoms with E-state index in [1.54, 1.807) is 11.9 Å². The number of fused-ring (bicyclic) bond motifs is 6. The van der Waals surface area contributed by atoms with E-state index in [9.17, 15) is 4.79 Å². The van der Waals surface area contributed by atoms with Crippen LogP contribution in [0, 0.1) is 17.8 Å². The fraction of sp³-hybridized carbons (Fsp3) is 0.966. The molecule has 2 amide bonds. The largest absolute Gasteiger partial charge is 0.379 e. The van der Waals surface area contributed by atoms with E-state index in [0.717, 1.165) is 38.7 Å². The highest BCUT2D eigenvalue weighted by atomic mass is 16.7. The molecule has 6 fully saturated rings. The van der Waals surface area contributed by atoms with E-state index in [1.807, 2.05) is 0 Å². The second-order valence-electron chi connectivity index (χ2n) is 12.7. The molecule has 6 saturated heterocycles. The summed E-state index contributed by atoms with van der Waals surface area (Å²) in [7, 11) is 19.5. The molecule has 0 aromatic heterocycles. The molecular formula is C29H49B3N2O7. The maximum Gasteiger partial charge on any atom is 0.317 e. The Morgan fingerprint density at radius 1 is 0.829 bits per heavy atom.